The van der Waals surface area contributed by atoms with Crippen molar-refractivity contribution >= 4 is 17.4 Å². The predicted octanol–water partition coefficient (Wildman–Crippen LogP) is 3.93. The van der Waals surface area contributed by atoms with Crippen LogP contribution in [0.5, 0.6) is 0 Å². The second-order valence-electron chi connectivity index (χ2n) is 4.08. The Balaban J connectivity index is 2.51. The van der Waals surface area contributed by atoms with E-state index < -0.39 is 0 Å². The molecule has 5 heteroatoms. The fraction of sp³-hybridized carbons (Fsp3) is 0.286. The van der Waals surface area contributed by atoms with E-state index in [1.54, 1.807) is 6.07 Å². The van der Waals surface area contributed by atoms with Crippen LogP contribution in [0.2, 0.25) is 5.02 Å². The van der Waals surface area contributed by atoms with Gasteiger partial charge in [0.15, 0.2) is 5.82 Å². The number of nitrogens with one attached hydrogen (secondary N) is 1. The van der Waals surface area contributed by atoms with Gasteiger partial charge in [-0.3, -0.25) is 0 Å². The maximum Gasteiger partial charge on any atom is 0.163 e. The van der Waals surface area contributed by atoms with Crippen molar-refractivity contribution < 1.29 is 4.39 Å². The quantitative estimate of drug-likeness (QED) is 0.921. The fourth-order valence-corrected chi connectivity index (χ4v) is 1.99. The number of hydrogen-bond acceptors (Lipinski definition) is 3. The molecule has 100 valence electrons. The van der Waals surface area contributed by atoms with Crippen LogP contribution >= 0.6 is 11.6 Å². The molecule has 2 aromatic rings. The van der Waals surface area contributed by atoms with Crippen LogP contribution in [0.4, 0.5) is 10.2 Å². The number of benzene rings is 1. The maximum absolute atomic E-state index is 13.1. The minimum atomic E-state index is -0.368. The zero-order valence-electron chi connectivity index (χ0n) is 10.9. The maximum atomic E-state index is 13.1. The largest absolute Gasteiger partial charge is 0.370 e. The summed E-state index contributed by atoms with van der Waals surface area (Å²) < 4.78 is 13.1. The third-order valence-corrected chi connectivity index (χ3v) is 2.98. The third kappa shape index (κ3) is 3.20. The molecule has 1 aromatic carbocycles. The van der Waals surface area contributed by atoms with Gasteiger partial charge in [0.2, 0.25) is 0 Å². The molecule has 0 aliphatic carbocycles. The summed E-state index contributed by atoms with van der Waals surface area (Å²) in [6, 6.07) is 6.13. The van der Waals surface area contributed by atoms with E-state index in [0.717, 1.165) is 24.5 Å². The van der Waals surface area contributed by atoms with E-state index in [-0.39, 0.29) is 5.82 Å². The smallest absolute Gasteiger partial charge is 0.163 e. The Labute approximate surface area is 116 Å². The molecule has 1 N–H and O–H groups in total. The molecule has 0 bridgehead atoms. The number of aromatic nitrogens is 2. The molecule has 3 nitrogen and oxygen atoms in total. The Morgan fingerprint density at radius 2 is 2.00 bits per heavy atom. The summed E-state index contributed by atoms with van der Waals surface area (Å²) in [7, 11) is 0. The van der Waals surface area contributed by atoms with Crippen molar-refractivity contribution in [1.29, 1.82) is 0 Å². The number of aryl methyl sites for hydroxylation is 1. The highest BCUT2D eigenvalue weighted by atomic mass is 35.5. The number of rotatable bonds is 4. The van der Waals surface area contributed by atoms with Gasteiger partial charge in [-0.2, -0.15) is 0 Å². The molecule has 1 aromatic heterocycles. The molecular formula is C14H15ClFN3. The highest BCUT2D eigenvalue weighted by molar-refractivity contribution is 6.33. The standard InChI is InChI=1S/C14H15ClFN3/c1-3-10-8-13(17-4-2)19-14(18-10)11-6-5-9(16)7-12(11)15/h5-8H,3-4H2,1-2H3,(H,17,18,19). The number of anilines is 1. The monoisotopic (exact) mass is 279 g/mol. The molecule has 1 heterocycles. The Bertz CT molecular complexity index is 587. The average Bonchev–Trinajstić information content (AvgIpc) is 2.38. The summed E-state index contributed by atoms with van der Waals surface area (Å²) in [6.07, 6.45) is 0.798. The molecule has 0 unspecified atom stereocenters. The van der Waals surface area contributed by atoms with Gasteiger partial charge in [-0.1, -0.05) is 18.5 Å². The number of nitrogens with zero attached hydrogens (tertiary/aromatic N) is 2. The van der Waals surface area contributed by atoms with Gasteiger partial charge in [-0.15, -0.1) is 0 Å². The third-order valence-electron chi connectivity index (χ3n) is 2.67. The van der Waals surface area contributed by atoms with Gasteiger partial charge in [0, 0.05) is 23.9 Å². The van der Waals surface area contributed by atoms with E-state index in [2.05, 4.69) is 15.3 Å². The molecule has 0 radical (unpaired) electrons. The molecule has 0 aliphatic heterocycles. The first-order valence-electron chi connectivity index (χ1n) is 6.21. The number of halogens is 2. The van der Waals surface area contributed by atoms with Crippen molar-refractivity contribution in [3.05, 3.63) is 40.8 Å². The fourth-order valence-electron chi connectivity index (χ4n) is 1.74. The van der Waals surface area contributed by atoms with E-state index >= 15 is 0 Å². The lowest BCUT2D eigenvalue weighted by Crippen LogP contribution is -2.04. The van der Waals surface area contributed by atoms with E-state index in [4.69, 9.17) is 11.6 Å². The molecular weight excluding hydrogens is 265 g/mol. The van der Waals surface area contributed by atoms with Crippen molar-refractivity contribution in [2.45, 2.75) is 20.3 Å². The van der Waals surface area contributed by atoms with Crippen LogP contribution in [0.15, 0.2) is 24.3 Å². The molecule has 2 rings (SSSR count). The van der Waals surface area contributed by atoms with Crippen LogP contribution in [0.25, 0.3) is 11.4 Å². The second kappa shape index (κ2) is 5.97. The van der Waals surface area contributed by atoms with E-state index in [1.807, 2.05) is 19.9 Å². The zero-order chi connectivity index (χ0) is 13.8. The highest BCUT2D eigenvalue weighted by Crippen LogP contribution is 2.27. The van der Waals surface area contributed by atoms with Crippen molar-refractivity contribution in [1.82, 2.24) is 9.97 Å². The summed E-state index contributed by atoms with van der Waals surface area (Å²) in [5.74, 6) is 0.900. The summed E-state index contributed by atoms with van der Waals surface area (Å²) in [6.45, 7) is 4.79. The van der Waals surface area contributed by atoms with Gasteiger partial charge >= 0.3 is 0 Å². The van der Waals surface area contributed by atoms with Crippen molar-refractivity contribution in [3.8, 4) is 11.4 Å². The predicted molar refractivity (Wildman–Crippen MR) is 76.0 cm³/mol. The van der Waals surface area contributed by atoms with Crippen LogP contribution in [0.3, 0.4) is 0 Å². The summed E-state index contributed by atoms with van der Waals surface area (Å²) in [5.41, 5.74) is 1.55. The van der Waals surface area contributed by atoms with Gasteiger partial charge in [-0.25, -0.2) is 14.4 Å². The first-order chi connectivity index (χ1) is 9.13. The molecule has 0 aliphatic rings. The number of hydrogen-bond donors (Lipinski definition) is 1. The molecule has 0 amide bonds. The molecule has 0 saturated heterocycles. The van der Waals surface area contributed by atoms with E-state index in [1.165, 1.54) is 12.1 Å². The average molecular weight is 280 g/mol. The molecule has 19 heavy (non-hydrogen) atoms. The zero-order valence-corrected chi connectivity index (χ0v) is 11.6. The highest BCUT2D eigenvalue weighted by Gasteiger charge is 2.10. The SMILES string of the molecule is CCNc1cc(CC)nc(-c2ccc(F)cc2Cl)n1. The molecule has 0 atom stereocenters. The summed E-state index contributed by atoms with van der Waals surface area (Å²) in [4.78, 5) is 8.84. The van der Waals surface area contributed by atoms with Crippen LogP contribution in [0.1, 0.15) is 19.5 Å². The molecule has 0 saturated carbocycles. The Morgan fingerprint density at radius 1 is 1.21 bits per heavy atom. The van der Waals surface area contributed by atoms with Crippen LogP contribution in [-0.2, 0) is 6.42 Å². The molecule has 0 spiro atoms. The van der Waals surface area contributed by atoms with E-state index in [9.17, 15) is 4.39 Å². The molecule has 0 fully saturated rings. The summed E-state index contributed by atoms with van der Waals surface area (Å²) >= 11 is 6.05. The van der Waals surface area contributed by atoms with Crippen LogP contribution in [-0.4, -0.2) is 16.5 Å². The minimum absolute atomic E-state index is 0.315. The topological polar surface area (TPSA) is 37.8 Å². The van der Waals surface area contributed by atoms with Crippen molar-refractivity contribution in [2.75, 3.05) is 11.9 Å². The van der Waals surface area contributed by atoms with Gasteiger partial charge in [-0.05, 0) is 31.5 Å². The van der Waals surface area contributed by atoms with Crippen molar-refractivity contribution in [2.24, 2.45) is 0 Å². The first-order valence-corrected chi connectivity index (χ1v) is 6.59. The van der Waals surface area contributed by atoms with E-state index in [0.29, 0.717) is 16.4 Å². The second-order valence-corrected chi connectivity index (χ2v) is 4.48. The Hall–Kier alpha value is -1.68. The van der Waals surface area contributed by atoms with Crippen molar-refractivity contribution in [3.63, 3.8) is 0 Å². The summed E-state index contributed by atoms with van der Waals surface area (Å²) in [5, 5.41) is 3.47. The lowest BCUT2D eigenvalue weighted by atomic mass is 10.2. The van der Waals surface area contributed by atoms with Crippen LogP contribution < -0.4 is 5.32 Å². The lowest BCUT2D eigenvalue weighted by Gasteiger charge is -2.09. The Morgan fingerprint density at radius 3 is 2.63 bits per heavy atom. The normalized spacial score (nSPS) is 10.5. The van der Waals surface area contributed by atoms with Gasteiger partial charge in [0.25, 0.3) is 0 Å². The van der Waals surface area contributed by atoms with Gasteiger partial charge in [0.05, 0.1) is 5.02 Å². The van der Waals surface area contributed by atoms with Crippen LogP contribution in [0, 0.1) is 5.82 Å². The Kier molecular flexibility index (Phi) is 4.32. The van der Waals surface area contributed by atoms with Gasteiger partial charge in [0.1, 0.15) is 11.6 Å². The van der Waals surface area contributed by atoms with Gasteiger partial charge < -0.3 is 5.32 Å². The minimum Gasteiger partial charge on any atom is -0.370 e. The first kappa shape index (κ1) is 13.7. The lowest BCUT2D eigenvalue weighted by molar-refractivity contribution is 0.628.